The number of pyridine rings is 1. The number of benzene rings is 1. The van der Waals surface area contributed by atoms with E-state index in [0.29, 0.717) is 11.3 Å². The molecule has 21 heavy (non-hydrogen) atoms. The summed E-state index contributed by atoms with van der Waals surface area (Å²) in [5.41, 5.74) is 9.02. The van der Waals surface area contributed by atoms with Gasteiger partial charge in [0.1, 0.15) is 0 Å². The Hall–Kier alpha value is -2.56. The number of hydrogen-bond donors (Lipinski definition) is 2. The Kier molecular flexibility index (Phi) is 4.42. The number of nitrogens with one attached hydrogen (secondary N) is 1. The predicted molar refractivity (Wildman–Crippen MR) is 85.3 cm³/mol. The van der Waals surface area contributed by atoms with Crippen LogP contribution in [-0.2, 0) is 0 Å². The van der Waals surface area contributed by atoms with Gasteiger partial charge in [0.2, 0.25) is 0 Å². The van der Waals surface area contributed by atoms with Crippen molar-refractivity contribution in [3.63, 3.8) is 0 Å². The van der Waals surface area contributed by atoms with Gasteiger partial charge in [0.15, 0.2) is 0 Å². The van der Waals surface area contributed by atoms with Crippen molar-refractivity contribution < 1.29 is 4.79 Å². The summed E-state index contributed by atoms with van der Waals surface area (Å²) < 4.78 is 0. The first-order valence-corrected chi connectivity index (χ1v) is 6.76. The average molecular weight is 284 g/mol. The number of nitrogen functional groups attached to an aromatic ring is 1. The van der Waals surface area contributed by atoms with Crippen LogP contribution in [0.3, 0.4) is 0 Å². The number of rotatable bonds is 4. The molecule has 1 aromatic carbocycles. The first-order valence-electron chi connectivity index (χ1n) is 6.76. The van der Waals surface area contributed by atoms with Crippen LogP contribution in [0.5, 0.6) is 0 Å². The van der Waals surface area contributed by atoms with Crippen molar-refractivity contribution in [2.45, 2.75) is 13.0 Å². The fourth-order valence-electron chi connectivity index (χ4n) is 2.12. The van der Waals surface area contributed by atoms with Crippen LogP contribution in [0.4, 0.5) is 11.4 Å². The summed E-state index contributed by atoms with van der Waals surface area (Å²) in [5.74, 6) is -0.142. The van der Waals surface area contributed by atoms with Gasteiger partial charge in [-0.3, -0.25) is 9.78 Å². The Bertz CT molecular complexity index is 625. The van der Waals surface area contributed by atoms with E-state index in [1.165, 1.54) is 0 Å². The quantitative estimate of drug-likeness (QED) is 0.845. The molecule has 3 N–H and O–H groups in total. The van der Waals surface area contributed by atoms with Gasteiger partial charge in [0.05, 0.1) is 17.4 Å². The van der Waals surface area contributed by atoms with E-state index in [0.717, 1.165) is 11.3 Å². The SMILES string of the molecule is CC(NC(=O)c1ccc(N(C)C)c(N)c1)c1ccncc1. The standard InChI is InChI=1S/C16H20N4O/c1-11(12-6-8-18-9-7-12)19-16(21)13-4-5-15(20(2)3)14(17)10-13/h4-11H,17H2,1-3H3,(H,19,21). The van der Waals surface area contributed by atoms with Crippen LogP contribution in [0.15, 0.2) is 42.7 Å². The second kappa shape index (κ2) is 6.26. The fraction of sp³-hybridized carbons (Fsp3) is 0.250. The lowest BCUT2D eigenvalue weighted by atomic mass is 10.1. The van der Waals surface area contributed by atoms with Crippen molar-refractivity contribution in [3.05, 3.63) is 53.9 Å². The van der Waals surface area contributed by atoms with Gasteiger partial charge in [-0.25, -0.2) is 0 Å². The van der Waals surface area contributed by atoms with Gasteiger partial charge < -0.3 is 16.0 Å². The second-order valence-electron chi connectivity index (χ2n) is 5.14. The number of nitrogens with two attached hydrogens (primary N) is 1. The minimum Gasteiger partial charge on any atom is -0.397 e. The van der Waals surface area contributed by atoms with Crippen LogP contribution < -0.4 is 16.0 Å². The Labute approximate surface area is 124 Å². The largest absolute Gasteiger partial charge is 0.397 e. The van der Waals surface area contributed by atoms with Gasteiger partial charge in [0, 0.05) is 32.1 Å². The van der Waals surface area contributed by atoms with Gasteiger partial charge in [-0.2, -0.15) is 0 Å². The number of carbonyl (C=O) groups is 1. The summed E-state index contributed by atoms with van der Waals surface area (Å²) >= 11 is 0. The summed E-state index contributed by atoms with van der Waals surface area (Å²) in [4.78, 5) is 18.1. The molecule has 110 valence electrons. The van der Waals surface area contributed by atoms with E-state index in [4.69, 9.17) is 5.73 Å². The highest BCUT2D eigenvalue weighted by atomic mass is 16.1. The molecule has 2 aromatic rings. The molecule has 0 spiro atoms. The molecule has 0 radical (unpaired) electrons. The van der Waals surface area contributed by atoms with Gasteiger partial charge in [0.25, 0.3) is 5.91 Å². The molecule has 0 aliphatic rings. The molecule has 1 aromatic heterocycles. The molecule has 2 rings (SSSR count). The zero-order valence-electron chi connectivity index (χ0n) is 12.5. The van der Waals surface area contributed by atoms with Crippen molar-refractivity contribution in [2.75, 3.05) is 24.7 Å². The molecule has 1 unspecified atom stereocenters. The lowest BCUT2D eigenvalue weighted by Gasteiger charge is -2.17. The fourth-order valence-corrected chi connectivity index (χ4v) is 2.12. The molecule has 0 bridgehead atoms. The normalized spacial score (nSPS) is 11.8. The molecule has 0 fully saturated rings. The van der Waals surface area contributed by atoms with Gasteiger partial charge >= 0.3 is 0 Å². The van der Waals surface area contributed by atoms with Crippen LogP contribution in [-0.4, -0.2) is 25.0 Å². The van der Waals surface area contributed by atoms with E-state index in [2.05, 4.69) is 10.3 Å². The summed E-state index contributed by atoms with van der Waals surface area (Å²) in [5, 5.41) is 2.95. The maximum atomic E-state index is 12.3. The second-order valence-corrected chi connectivity index (χ2v) is 5.14. The first kappa shape index (κ1) is 14.8. The number of aromatic nitrogens is 1. The molecule has 1 heterocycles. The van der Waals surface area contributed by atoms with E-state index >= 15 is 0 Å². The minimum absolute atomic E-state index is 0.0877. The van der Waals surface area contributed by atoms with Crippen LogP contribution in [0.2, 0.25) is 0 Å². The Morgan fingerprint density at radius 2 is 1.90 bits per heavy atom. The molecular formula is C16H20N4O. The van der Waals surface area contributed by atoms with E-state index in [9.17, 15) is 4.79 Å². The monoisotopic (exact) mass is 284 g/mol. The van der Waals surface area contributed by atoms with E-state index in [1.54, 1.807) is 24.5 Å². The Morgan fingerprint density at radius 3 is 2.48 bits per heavy atom. The van der Waals surface area contributed by atoms with Crippen LogP contribution in [0.1, 0.15) is 28.9 Å². The van der Waals surface area contributed by atoms with Crippen LogP contribution >= 0.6 is 0 Å². The van der Waals surface area contributed by atoms with Crippen molar-refractivity contribution in [1.29, 1.82) is 0 Å². The summed E-state index contributed by atoms with van der Waals surface area (Å²) in [6.07, 6.45) is 3.42. The van der Waals surface area contributed by atoms with Gasteiger partial charge in [-0.1, -0.05) is 0 Å². The maximum Gasteiger partial charge on any atom is 0.251 e. The number of anilines is 2. The average Bonchev–Trinajstić information content (AvgIpc) is 2.47. The molecular weight excluding hydrogens is 264 g/mol. The van der Waals surface area contributed by atoms with Crippen LogP contribution in [0, 0.1) is 0 Å². The highest BCUT2D eigenvalue weighted by molar-refractivity contribution is 5.96. The van der Waals surface area contributed by atoms with Crippen LogP contribution in [0.25, 0.3) is 0 Å². The number of nitrogens with zero attached hydrogens (tertiary/aromatic N) is 2. The van der Waals surface area contributed by atoms with E-state index < -0.39 is 0 Å². The third-order valence-electron chi connectivity index (χ3n) is 3.33. The Morgan fingerprint density at radius 1 is 1.24 bits per heavy atom. The summed E-state index contributed by atoms with van der Waals surface area (Å²) in [6.45, 7) is 1.94. The summed E-state index contributed by atoms with van der Waals surface area (Å²) in [7, 11) is 3.83. The number of amides is 1. The first-order chi connectivity index (χ1) is 9.99. The highest BCUT2D eigenvalue weighted by Gasteiger charge is 2.13. The lowest BCUT2D eigenvalue weighted by Crippen LogP contribution is -2.26. The molecule has 0 saturated carbocycles. The third kappa shape index (κ3) is 3.51. The van der Waals surface area contributed by atoms with Gasteiger partial charge in [-0.05, 0) is 42.8 Å². The topological polar surface area (TPSA) is 71.2 Å². The van der Waals surface area contributed by atoms with Gasteiger partial charge in [-0.15, -0.1) is 0 Å². The third-order valence-corrected chi connectivity index (χ3v) is 3.33. The molecule has 5 heteroatoms. The predicted octanol–water partition coefficient (Wildman–Crippen LogP) is 2.22. The minimum atomic E-state index is -0.142. The molecule has 0 saturated heterocycles. The smallest absolute Gasteiger partial charge is 0.251 e. The molecule has 0 aliphatic carbocycles. The van der Waals surface area contributed by atoms with E-state index in [1.807, 2.05) is 44.1 Å². The molecule has 0 aliphatic heterocycles. The summed E-state index contributed by atoms with van der Waals surface area (Å²) in [6, 6.07) is 9.00. The van der Waals surface area contributed by atoms with Crippen molar-refractivity contribution in [1.82, 2.24) is 10.3 Å². The number of carbonyl (C=O) groups excluding carboxylic acids is 1. The van der Waals surface area contributed by atoms with Crippen molar-refractivity contribution >= 4 is 17.3 Å². The Balaban J connectivity index is 2.12. The van der Waals surface area contributed by atoms with Crippen molar-refractivity contribution in [3.8, 4) is 0 Å². The van der Waals surface area contributed by atoms with Crippen molar-refractivity contribution in [2.24, 2.45) is 0 Å². The van der Waals surface area contributed by atoms with E-state index in [-0.39, 0.29) is 11.9 Å². The maximum absolute atomic E-state index is 12.3. The number of hydrogen-bond acceptors (Lipinski definition) is 4. The lowest BCUT2D eigenvalue weighted by molar-refractivity contribution is 0.0940. The zero-order chi connectivity index (χ0) is 15.4. The molecule has 1 amide bonds. The molecule has 5 nitrogen and oxygen atoms in total. The zero-order valence-corrected chi connectivity index (χ0v) is 12.5. The highest BCUT2D eigenvalue weighted by Crippen LogP contribution is 2.22. The molecule has 1 atom stereocenters.